The van der Waals surface area contributed by atoms with Crippen LogP contribution in [0.3, 0.4) is 0 Å². The first-order valence-electron chi connectivity index (χ1n) is 15.2. The highest BCUT2D eigenvalue weighted by molar-refractivity contribution is 9.10. The summed E-state index contributed by atoms with van der Waals surface area (Å²) < 4.78 is 35.8. The maximum absolute atomic E-state index is 14.5. The number of benzene rings is 4. The van der Waals surface area contributed by atoms with Gasteiger partial charge in [-0.3, -0.25) is 13.9 Å². The molecule has 0 aromatic heterocycles. The van der Waals surface area contributed by atoms with Gasteiger partial charge >= 0.3 is 0 Å². The molecule has 10 heteroatoms. The van der Waals surface area contributed by atoms with Crippen LogP contribution in [0.1, 0.15) is 31.9 Å². The largest absolute Gasteiger partial charge is 0.494 e. The van der Waals surface area contributed by atoms with E-state index in [0.717, 1.165) is 19.9 Å². The highest BCUT2D eigenvalue weighted by Crippen LogP contribution is 2.26. The van der Waals surface area contributed by atoms with E-state index in [-0.39, 0.29) is 29.7 Å². The Morgan fingerprint density at radius 1 is 0.848 bits per heavy atom. The van der Waals surface area contributed by atoms with Gasteiger partial charge in [0.25, 0.3) is 10.0 Å². The van der Waals surface area contributed by atoms with Crippen LogP contribution in [0.2, 0.25) is 0 Å². The molecule has 8 nitrogen and oxygen atoms in total. The lowest BCUT2D eigenvalue weighted by Gasteiger charge is -2.34. The summed E-state index contributed by atoms with van der Waals surface area (Å²) in [5.74, 6) is -0.0796. The summed E-state index contributed by atoms with van der Waals surface area (Å²) in [5, 5.41) is 3.01. The van der Waals surface area contributed by atoms with Gasteiger partial charge in [-0.1, -0.05) is 90.4 Å². The van der Waals surface area contributed by atoms with Crippen LogP contribution in [0.25, 0.3) is 0 Å². The third kappa shape index (κ3) is 9.43. The van der Waals surface area contributed by atoms with Gasteiger partial charge in [-0.2, -0.15) is 0 Å². The van der Waals surface area contributed by atoms with Gasteiger partial charge in [-0.25, -0.2) is 8.42 Å². The van der Waals surface area contributed by atoms with E-state index in [1.54, 1.807) is 42.5 Å². The van der Waals surface area contributed by atoms with Crippen molar-refractivity contribution in [2.75, 3.05) is 24.0 Å². The zero-order valence-corrected chi connectivity index (χ0v) is 28.7. The summed E-state index contributed by atoms with van der Waals surface area (Å²) in [4.78, 5) is 29.9. The molecule has 1 N–H and O–H groups in total. The van der Waals surface area contributed by atoms with E-state index >= 15 is 0 Å². The molecule has 2 amide bonds. The number of nitrogens with zero attached hydrogens (tertiary/aromatic N) is 2. The topological polar surface area (TPSA) is 96.0 Å². The van der Waals surface area contributed by atoms with Gasteiger partial charge in [0.05, 0.1) is 17.2 Å². The van der Waals surface area contributed by atoms with Gasteiger partial charge in [0, 0.05) is 24.0 Å². The van der Waals surface area contributed by atoms with E-state index in [2.05, 4.69) is 21.2 Å². The molecule has 0 radical (unpaired) electrons. The molecule has 0 aliphatic heterocycles. The molecule has 4 rings (SSSR count). The zero-order chi connectivity index (χ0) is 33.1. The molecule has 242 valence electrons. The molecule has 0 saturated heterocycles. The van der Waals surface area contributed by atoms with Crippen molar-refractivity contribution in [1.82, 2.24) is 10.2 Å². The Morgan fingerprint density at radius 3 is 2.09 bits per heavy atom. The number of halogens is 1. The Morgan fingerprint density at radius 2 is 1.48 bits per heavy atom. The number of anilines is 1. The van der Waals surface area contributed by atoms with Crippen LogP contribution >= 0.6 is 15.9 Å². The molecule has 0 aliphatic rings. The number of ether oxygens (including phenoxy) is 1. The van der Waals surface area contributed by atoms with Gasteiger partial charge in [0.15, 0.2) is 0 Å². The third-order valence-corrected chi connectivity index (χ3v) is 9.52. The number of amides is 2. The molecule has 0 fully saturated rings. The summed E-state index contributed by atoms with van der Waals surface area (Å²) in [7, 11) is -4.20. The fourth-order valence-electron chi connectivity index (χ4n) is 4.93. The monoisotopic (exact) mass is 705 g/mol. The molecular weight excluding hydrogens is 666 g/mol. The van der Waals surface area contributed by atoms with Gasteiger partial charge < -0.3 is 15.0 Å². The van der Waals surface area contributed by atoms with Crippen LogP contribution in [0.5, 0.6) is 5.75 Å². The van der Waals surface area contributed by atoms with Crippen molar-refractivity contribution in [3.8, 4) is 5.75 Å². The van der Waals surface area contributed by atoms with Gasteiger partial charge in [-0.15, -0.1) is 0 Å². The number of para-hydroxylation sites is 1. The van der Waals surface area contributed by atoms with Crippen LogP contribution in [-0.2, 0) is 32.6 Å². The van der Waals surface area contributed by atoms with Crippen LogP contribution in [-0.4, -0.2) is 50.9 Å². The predicted molar refractivity (Wildman–Crippen MR) is 185 cm³/mol. The smallest absolute Gasteiger partial charge is 0.264 e. The van der Waals surface area contributed by atoms with Crippen LogP contribution < -0.4 is 14.4 Å². The summed E-state index contributed by atoms with van der Waals surface area (Å²) in [6.07, 6.45) is 0.251. The Hall–Kier alpha value is -4.15. The summed E-state index contributed by atoms with van der Waals surface area (Å²) in [6.45, 7) is 6.31. The number of hydrogen-bond acceptors (Lipinski definition) is 5. The van der Waals surface area contributed by atoms with Crippen molar-refractivity contribution in [3.63, 3.8) is 0 Å². The minimum Gasteiger partial charge on any atom is -0.494 e. The van der Waals surface area contributed by atoms with Crippen molar-refractivity contribution in [2.24, 2.45) is 5.92 Å². The standard InChI is InChI=1S/C36H40BrN3O5S/c1-4-45-32-18-20-33(21-19-32)46(43,44)40(31-16-9-6-10-17-31)26-35(41)39(25-29-14-11-15-30(37)22-29)34(36(42)38-24-27(2)3)23-28-12-7-5-8-13-28/h5-22,27,34H,4,23-26H2,1-3H3,(H,38,42)/t34-/m1/s1. The molecule has 4 aromatic carbocycles. The first kappa shape index (κ1) is 34.7. The molecule has 1 atom stereocenters. The van der Waals surface area contributed by atoms with Crippen molar-refractivity contribution >= 4 is 43.5 Å². The summed E-state index contributed by atoms with van der Waals surface area (Å²) in [6, 6.07) is 30.7. The van der Waals surface area contributed by atoms with Crippen LogP contribution in [0.4, 0.5) is 5.69 Å². The number of sulfonamides is 1. The fourth-order valence-corrected chi connectivity index (χ4v) is 6.79. The Labute approximate surface area is 280 Å². The molecule has 0 aliphatic carbocycles. The van der Waals surface area contributed by atoms with E-state index < -0.39 is 28.5 Å². The maximum atomic E-state index is 14.5. The number of nitrogens with one attached hydrogen (secondary N) is 1. The zero-order valence-electron chi connectivity index (χ0n) is 26.3. The van der Waals surface area contributed by atoms with Crippen molar-refractivity contribution in [2.45, 2.75) is 44.7 Å². The maximum Gasteiger partial charge on any atom is 0.264 e. The Kier molecular flexibility index (Phi) is 12.4. The molecule has 0 saturated carbocycles. The lowest BCUT2D eigenvalue weighted by atomic mass is 10.0. The average Bonchev–Trinajstić information content (AvgIpc) is 3.05. The normalized spacial score (nSPS) is 11.9. The Bertz CT molecular complexity index is 1680. The van der Waals surface area contributed by atoms with Crippen LogP contribution in [0.15, 0.2) is 119 Å². The molecule has 0 bridgehead atoms. The molecular formula is C36H40BrN3O5S. The first-order valence-corrected chi connectivity index (χ1v) is 17.5. The summed E-state index contributed by atoms with van der Waals surface area (Å²) in [5.41, 5.74) is 2.00. The summed E-state index contributed by atoms with van der Waals surface area (Å²) >= 11 is 3.51. The number of carbonyl (C=O) groups excluding carboxylic acids is 2. The fraction of sp³-hybridized carbons (Fsp3) is 0.278. The molecule has 4 aromatic rings. The van der Waals surface area contributed by atoms with Crippen molar-refractivity contribution in [3.05, 3.63) is 125 Å². The number of rotatable bonds is 15. The molecule has 0 spiro atoms. The lowest BCUT2D eigenvalue weighted by molar-refractivity contribution is -0.140. The van der Waals surface area contributed by atoms with Crippen molar-refractivity contribution in [1.29, 1.82) is 0 Å². The highest BCUT2D eigenvalue weighted by atomic mass is 79.9. The van der Waals surface area contributed by atoms with E-state index in [1.165, 1.54) is 17.0 Å². The minimum absolute atomic E-state index is 0.0154. The number of carbonyl (C=O) groups is 2. The first-order chi connectivity index (χ1) is 22.1. The van der Waals surface area contributed by atoms with Gasteiger partial charge in [0.1, 0.15) is 18.3 Å². The minimum atomic E-state index is -4.20. The molecule has 0 unspecified atom stereocenters. The van der Waals surface area contributed by atoms with E-state index in [9.17, 15) is 18.0 Å². The second-order valence-corrected chi connectivity index (χ2v) is 14.0. The van der Waals surface area contributed by atoms with E-state index in [1.807, 2.05) is 75.4 Å². The second kappa shape index (κ2) is 16.4. The molecule has 0 heterocycles. The lowest BCUT2D eigenvalue weighted by Crippen LogP contribution is -2.53. The van der Waals surface area contributed by atoms with E-state index in [0.29, 0.717) is 24.6 Å². The molecule has 46 heavy (non-hydrogen) atoms. The van der Waals surface area contributed by atoms with Crippen LogP contribution in [0, 0.1) is 5.92 Å². The van der Waals surface area contributed by atoms with E-state index in [4.69, 9.17) is 4.74 Å². The SMILES string of the molecule is CCOc1ccc(S(=O)(=O)N(CC(=O)N(Cc2cccc(Br)c2)[C@H](Cc2ccccc2)C(=O)NCC(C)C)c2ccccc2)cc1. The average molecular weight is 707 g/mol. The van der Waals surface area contributed by atoms with Gasteiger partial charge in [0.2, 0.25) is 11.8 Å². The number of hydrogen-bond donors (Lipinski definition) is 1. The Balaban J connectivity index is 1.77. The third-order valence-electron chi connectivity index (χ3n) is 7.24. The highest BCUT2D eigenvalue weighted by Gasteiger charge is 2.34. The second-order valence-electron chi connectivity index (χ2n) is 11.2. The predicted octanol–water partition coefficient (Wildman–Crippen LogP) is 6.46. The van der Waals surface area contributed by atoms with Gasteiger partial charge in [-0.05, 0) is 72.5 Å². The van der Waals surface area contributed by atoms with Crippen molar-refractivity contribution < 1.29 is 22.7 Å². The quantitative estimate of drug-likeness (QED) is 0.153.